The van der Waals surface area contributed by atoms with E-state index in [1.807, 2.05) is 0 Å². The number of nitrogens with zero attached hydrogens (tertiary/aromatic N) is 6. The van der Waals surface area contributed by atoms with Gasteiger partial charge in [0.1, 0.15) is 0 Å². The summed E-state index contributed by atoms with van der Waals surface area (Å²) in [5, 5.41) is 2.51. The fourth-order valence-corrected chi connectivity index (χ4v) is 13.3. The number of anilines is 8. The highest BCUT2D eigenvalue weighted by Gasteiger charge is 2.20. The summed E-state index contributed by atoms with van der Waals surface area (Å²) in [7, 11) is 4.39. The molecular formula is C80H72N6. The van der Waals surface area contributed by atoms with Crippen molar-refractivity contribution >= 4 is 91.6 Å². The van der Waals surface area contributed by atoms with E-state index in [1.54, 1.807) is 0 Å². The minimum Gasteiger partial charge on any atom is -0.372 e. The standard InChI is InChI=1S/C80H72N6/c1-81-77-25-13-11-23-73(77)75(79(81)63-37-45-65(46-38-63)83-55-15-5-16-56-83)53-31-59-27-41-69(42-28-59)85(67-19-7-3-8-20-67)71-49-33-61(34-50-71)62-35-51-72(52-36-62)86(68-21-9-4-10-22-68)70-43-29-60(30-44-70)32-54-76-74-24-12-14-26-78(74)82(2)80(76)64-39-47-66(48-40-64)84-57-17-6-18-58-84/h3-4,7-14,19-54H,5-6,15-18,55-58H2,1-2H3/b53-31+,54-32+. The number of aryl methyl sites for hydroxylation is 2. The second-order valence-corrected chi connectivity index (χ2v) is 23.2. The third-order valence-electron chi connectivity index (χ3n) is 17.8. The zero-order valence-electron chi connectivity index (χ0n) is 49.3. The van der Waals surface area contributed by atoms with E-state index < -0.39 is 0 Å². The zero-order valence-corrected chi connectivity index (χ0v) is 49.3. The third-order valence-corrected chi connectivity index (χ3v) is 17.8. The first-order valence-corrected chi connectivity index (χ1v) is 30.8. The Labute approximate surface area is 507 Å². The van der Waals surface area contributed by atoms with E-state index >= 15 is 0 Å². The SMILES string of the molecule is Cn1c(-c2ccc(N3CCCCC3)cc2)c(/C=C/c2ccc(N(c3ccccc3)c3ccc(-c4ccc(N(c5ccccc5)c5ccc(/C=C/c6c(-c7ccc(N8CCCCC8)cc7)n(C)c7ccccc67)cc5)cc4)cc3)cc2)c2ccccc21. The molecule has 0 bridgehead atoms. The Kier molecular flexibility index (Phi) is 15.2. The van der Waals surface area contributed by atoms with E-state index in [1.165, 1.54) is 105 Å². The molecule has 0 spiro atoms. The smallest absolute Gasteiger partial charge is 0.0562 e. The van der Waals surface area contributed by atoms with Crippen LogP contribution in [0.1, 0.15) is 60.8 Å². The molecule has 0 unspecified atom stereocenters. The molecule has 2 aliphatic rings. The van der Waals surface area contributed by atoms with Crippen LogP contribution in [0.25, 0.3) is 79.8 Å². The number of rotatable bonds is 15. The number of aromatic nitrogens is 2. The first-order valence-electron chi connectivity index (χ1n) is 30.8. The van der Waals surface area contributed by atoms with Crippen molar-refractivity contribution in [2.75, 3.05) is 45.8 Å². The van der Waals surface area contributed by atoms with Gasteiger partial charge in [-0.25, -0.2) is 0 Å². The van der Waals surface area contributed by atoms with Gasteiger partial charge < -0.3 is 28.7 Å². The summed E-state index contributed by atoms with van der Waals surface area (Å²) in [5.74, 6) is 0. The van der Waals surface area contributed by atoms with Gasteiger partial charge in [0, 0.05) is 119 Å². The van der Waals surface area contributed by atoms with Gasteiger partial charge in [-0.3, -0.25) is 0 Å². The van der Waals surface area contributed by atoms with E-state index in [2.05, 4.69) is 322 Å². The Hall–Kier alpha value is -10.0. The maximum Gasteiger partial charge on any atom is 0.0562 e. The summed E-state index contributed by atoms with van der Waals surface area (Å²) in [6.07, 6.45) is 16.9. The maximum atomic E-state index is 2.53. The molecule has 0 N–H and O–H groups in total. The molecule has 6 nitrogen and oxygen atoms in total. The summed E-state index contributed by atoms with van der Waals surface area (Å²) in [5.41, 5.74) is 23.7. The highest BCUT2D eigenvalue weighted by atomic mass is 15.2. The van der Waals surface area contributed by atoms with Gasteiger partial charge in [0.15, 0.2) is 0 Å². The molecule has 12 aromatic rings. The normalized spacial score (nSPS) is 13.8. The van der Waals surface area contributed by atoms with E-state index in [0.717, 1.165) is 82.6 Å². The number of hydrogen-bond donors (Lipinski definition) is 0. The van der Waals surface area contributed by atoms with Crippen LogP contribution in [0.15, 0.2) is 255 Å². The van der Waals surface area contributed by atoms with Gasteiger partial charge in [0.25, 0.3) is 0 Å². The molecule has 2 aliphatic heterocycles. The Morgan fingerprint density at radius 1 is 0.279 bits per heavy atom. The van der Waals surface area contributed by atoms with E-state index in [-0.39, 0.29) is 0 Å². The molecule has 2 aromatic heterocycles. The van der Waals surface area contributed by atoms with Crippen molar-refractivity contribution < 1.29 is 0 Å². The van der Waals surface area contributed by atoms with Crippen molar-refractivity contribution in [3.05, 3.63) is 277 Å². The largest absolute Gasteiger partial charge is 0.372 e. The highest BCUT2D eigenvalue weighted by molar-refractivity contribution is 6.01. The quantitative estimate of drug-likeness (QED) is 0.102. The molecule has 14 rings (SSSR count). The first kappa shape index (κ1) is 53.9. The molecule has 0 radical (unpaired) electrons. The van der Waals surface area contributed by atoms with Crippen molar-refractivity contribution in [2.24, 2.45) is 14.1 Å². The van der Waals surface area contributed by atoms with Crippen LogP contribution in [0.4, 0.5) is 45.5 Å². The molecule has 0 amide bonds. The number of piperidine rings is 2. The van der Waals surface area contributed by atoms with Crippen LogP contribution in [-0.4, -0.2) is 35.3 Å². The lowest BCUT2D eigenvalue weighted by Crippen LogP contribution is -2.29. The van der Waals surface area contributed by atoms with Crippen LogP contribution in [0.2, 0.25) is 0 Å². The van der Waals surface area contributed by atoms with Gasteiger partial charge in [0.2, 0.25) is 0 Å². The van der Waals surface area contributed by atoms with Crippen LogP contribution in [-0.2, 0) is 14.1 Å². The Morgan fingerprint density at radius 2 is 0.581 bits per heavy atom. The predicted octanol–water partition coefficient (Wildman–Crippen LogP) is 20.9. The Bertz CT molecular complexity index is 4030. The fourth-order valence-electron chi connectivity index (χ4n) is 13.3. The van der Waals surface area contributed by atoms with Gasteiger partial charge in [0.05, 0.1) is 11.4 Å². The summed E-state index contributed by atoms with van der Waals surface area (Å²) in [6.45, 7) is 4.57. The van der Waals surface area contributed by atoms with Crippen molar-refractivity contribution in [2.45, 2.75) is 38.5 Å². The third kappa shape index (κ3) is 10.9. The maximum absolute atomic E-state index is 2.53. The molecule has 0 aliphatic carbocycles. The summed E-state index contributed by atoms with van der Waals surface area (Å²) < 4.78 is 4.70. The molecule has 2 fully saturated rings. The van der Waals surface area contributed by atoms with Crippen molar-refractivity contribution in [1.82, 2.24) is 9.13 Å². The first-order chi connectivity index (χ1) is 42.5. The second kappa shape index (κ2) is 24.3. The molecule has 10 aromatic carbocycles. The topological polar surface area (TPSA) is 22.8 Å². The average Bonchev–Trinajstić information content (AvgIpc) is 2.94. The van der Waals surface area contributed by atoms with Crippen molar-refractivity contribution in [3.63, 3.8) is 0 Å². The zero-order chi connectivity index (χ0) is 57.8. The van der Waals surface area contributed by atoms with Crippen LogP contribution in [0, 0.1) is 0 Å². The lowest BCUT2D eigenvalue weighted by molar-refractivity contribution is 0.578. The summed E-state index contributed by atoms with van der Waals surface area (Å²) >= 11 is 0. The van der Waals surface area contributed by atoms with E-state index in [0.29, 0.717) is 0 Å². The molecule has 4 heterocycles. The molecule has 2 saturated heterocycles. The number of benzene rings is 10. The summed E-state index contributed by atoms with van der Waals surface area (Å²) in [4.78, 5) is 9.74. The monoisotopic (exact) mass is 1120 g/mol. The van der Waals surface area contributed by atoms with E-state index in [9.17, 15) is 0 Å². The van der Waals surface area contributed by atoms with Gasteiger partial charge in [-0.2, -0.15) is 0 Å². The van der Waals surface area contributed by atoms with Crippen LogP contribution >= 0.6 is 0 Å². The molecule has 0 atom stereocenters. The number of hydrogen-bond acceptors (Lipinski definition) is 4. The lowest BCUT2D eigenvalue weighted by Gasteiger charge is -2.28. The minimum atomic E-state index is 1.09. The number of fused-ring (bicyclic) bond motifs is 2. The van der Waals surface area contributed by atoms with Gasteiger partial charge in [-0.15, -0.1) is 0 Å². The number of para-hydroxylation sites is 4. The molecule has 0 saturated carbocycles. The molecular weight excluding hydrogens is 1040 g/mol. The summed E-state index contributed by atoms with van der Waals surface area (Å²) in [6, 6.07) is 93.2. The van der Waals surface area contributed by atoms with Crippen LogP contribution in [0.5, 0.6) is 0 Å². The van der Waals surface area contributed by atoms with Crippen molar-refractivity contribution in [3.8, 4) is 33.6 Å². The molecule has 6 heteroatoms. The van der Waals surface area contributed by atoms with Gasteiger partial charge in [-0.05, 0) is 181 Å². The van der Waals surface area contributed by atoms with Crippen LogP contribution in [0.3, 0.4) is 0 Å². The lowest BCUT2D eigenvalue weighted by atomic mass is 10.0. The van der Waals surface area contributed by atoms with Crippen LogP contribution < -0.4 is 19.6 Å². The van der Waals surface area contributed by atoms with E-state index in [4.69, 9.17) is 0 Å². The Morgan fingerprint density at radius 3 is 0.942 bits per heavy atom. The molecule has 86 heavy (non-hydrogen) atoms. The predicted molar refractivity (Wildman–Crippen MR) is 368 cm³/mol. The van der Waals surface area contributed by atoms with Crippen molar-refractivity contribution in [1.29, 1.82) is 0 Å². The minimum absolute atomic E-state index is 1.09. The molecule has 422 valence electrons. The second-order valence-electron chi connectivity index (χ2n) is 23.2. The fraction of sp³-hybridized carbons (Fsp3) is 0.150. The average molecular weight is 1120 g/mol. The van der Waals surface area contributed by atoms with Gasteiger partial charge in [-0.1, -0.05) is 170 Å². The highest BCUT2D eigenvalue weighted by Crippen LogP contribution is 2.41. The van der Waals surface area contributed by atoms with Gasteiger partial charge >= 0.3 is 0 Å². The Balaban J connectivity index is 0.700.